The Morgan fingerprint density at radius 3 is 2.32 bits per heavy atom. The van der Waals surface area contributed by atoms with Gasteiger partial charge in [-0.1, -0.05) is 0 Å². The third kappa shape index (κ3) is 2.83. The molecule has 1 aromatic heterocycles. The lowest BCUT2D eigenvalue weighted by Crippen LogP contribution is -2.11. The number of rotatable bonds is 5. The van der Waals surface area contributed by atoms with E-state index in [-0.39, 0.29) is 6.04 Å². The van der Waals surface area contributed by atoms with E-state index >= 15 is 0 Å². The van der Waals surface area contributed by atoms with Crippen LogP contribution in [0.3, 0.4) is 0 Å². The summed E-state index contributed by atoms with van der Waals surface area (Å²) in [6, 6.07) is 7.34. The SMILES string of the molecule is COc1csc(C(N)c2ccc(OC)cc2OC)c1. The van der Waals surface area contributed by atoms with E-state index in [2.05, 4.69) is 0 Å². The molecule has 1 heterocycles. The molecule has 4 nitrogen and oxygen atoms in total. The van der Waals surface area contributed by atoms with Crippen molar-refractivity contribution in [2.75, 3.05) is 21.3 Å². The maximum Gasteiger partial charge on any atom is 0.129 e. The van der Waals surface area contributed by atoms with Crippen LogP contribution in [-0.2, 0) is 0 Å². The molecule has 0 spiro atoms. The van der Waals surface area contributed by atoms with Crippen molar-refractivity contribution in [2.45, 2.75) is 6.04 Å². The number of ether oxygens (including phenoxy) is 3. The molecule has 2 aromatic rings. The molecule has 0 saturated carbocycles. The van der Waals surface area contributed by atoms with E-state index in [1.807, 2.05) is 29.6 Å². The summed E-state index contributed by atoms with van der Waals surface area (Å²) in [5.41, 5.74) is 7.21. The summed E-state index contributed by atoms with van der Waals surface area (Å²) in [5.74, 6) is 2.29. The number of nitrogens with two attached hydrogens (primary N) is 1. The topological polar surface area (TPSA) is 53.7 Å². The lowest BCUT2D eigenvalue weighted by atomic mass is 10.0. The summed E-state index contributed by atoms with van der Waals surface area (Å²) >= 11 is 1.57. The fraction of sp³-hybridized carbons (Fsp3) is 0.286. The first-order valence-electron chi connectivity index (χ1n) is 5.79. The minimum atomic E-state index is -0.241. The van der Waals surface area contributed by atoms with Crippen molar-refractivity contribution in [1.82, 2.24) is 0 Å². The van der Waals surface area contributed by atoms with Crippen LogP contribution < -0.4 is 19.9 Å². The molecule has 0 aliphatic rings. The van der Waals surface area contributed by atoms with Crippen LogP contribution >= 0.6 is 11.3 Å². The van der Waals surface area contributed by atoms with Gasteiger partial charge in [-0.25, -0.2) is 0 Å². The zero-order valence-electron chi connectivity index (χ0n) is 11.2. The highest BCUT2D eigenvalue weighted by atomic mass is 32.1. The van der Waals surface area contributed by atoms with Gasteiger partial charge in [-0.05, 0) is 18.2 Å². The summed E-state index contributed by atoms with van der Waals surface area (Å²) < 4.78 is 15.7. The number of hydrogen-bond donors (Lipinski definition) is 1. The highest BCUT2D eigenvalue weighted by Crippen LogP contribution is 2.35. The summed E-state index contributed by atoms with van der Waals surface area (Å²) in [5, 5.41) is 1.94. The minimum Gasteiger partial charge on any atom is -0.497 e. The predicted octanol–water partition coefficient (Wildman–Crippen LogP) is 2.82. The molecular weight excluding hydrogens is 262 g/mol. The lowest BCUT2D eigenvalue weighted by molar-refractivity contribution is 0.390. The molecule has 0 saturated heterocycles. The highest BCUT2D eigenvalue weighted by Gasteiger charge is 2.17. The minimum absolute atomic E-state index is 0.241. The Kier molecular flexibility index (Phi) is 4.29. The van der Waals surface area contributed by atoms with Gasteiger partial charge in [-0.2, -0.15) is 0 Å². The Morgan fingerprint density at radius 2 is 1.74 bits per heavy atom. The van der Waals surface area contributed by atoms with Gasteiger partial charge in [-0.3, -0.25) is 0 Å². The number of methoxy groups -OCH3 is 3. The van der Waals surface area contributed by atoms with Crippen molar-refractivity contribution in [3.05, 3.63) is 40.1 Å². The van der Waals surface area contributed by atoms with Gasteiger partial charge < -0.3 is 19.9 Å². The van der Waals surface area contributed by atoms with Gasteiger partial charge in [0.05, 0.1) is 27.4 Å². The fourth-order valence-corrected chi connectivity index (χ4v) is 2.71. The van der Waals surface area contributed by atoms with Gasteiger partial charge in [0.1, 0.15) is 17.2 Å². The van der Waals surface area contributed by atoms with Crippen LogP contribution in [0.25, 0.3) is 0 Å². The van der Waals surface area contributed by atoms with Crippen LogP contribution in [-0.4, -0.2) is 21.3 Å². The normalized spacial score (nSPS) is 12.0. The summed E-state index contributed by atoms with van der Waals surface area (Å²) in [4.78, 5) is 1.03. The van der Waals surface area contributed by atoms with E-state index in [9.17, 15) is 0 Å². The maximum atomic E-state index is 6.29. The maximum absolute atomic E-state index is 6.29. The van der Waals surface area contributed by atoms with Crippen molar-refractivity contribution in [1.29, 1.82) is 0 Å². The van der Waals surface area contributed by atoms with E-state index in [4.69, 9.17) is 19.9 Å². The molecule has 1 unspecified atom stereocenters. The Hall–Kier alpha value is -1.72. The van der Waals surface area contributed by atoms with Crippen molar-refractivity contribution >= 4 is 11.3 Å². The van der Waals surface area contributed by atoms with E-state index in [1.165, 1.54) is 0 Å². The van der Waals surface area contributed by atoms with Gasteiger partial charge in [0.2, 0.25) is 0 Å². The molecule has 5 heteroatoms. The standard InChI is InChI=1S/C14H17NO3S/c1-16-9-4-5-11(12(6-9)18-3)14(15)13-7-10(17-2)8-19-13/h4-8,14H,15H2,1-3H3. The summed E-state index contributed by atoms with van der Waals surface area (Å²) in [6.45, 7) is 0. The fourth-order valence-electron chi connectivity index (χ4n) is 1.83. The van der Waals surface area contributed by atoms with Crippen molar-refractivity contribution < 1.29 is 14.2 Å². The summed E-state index contributed by atoms with van der Waals surface area (Å²) in [7, 11) is 4.89. The average Bonchev–Trinajstić information content (AvgIpc) is 2.94. The predicted molar refractivity (Wildman–Crippen MR) is 76.4 cm³/mol. The van der Waals surface area contributed by atoms with Gasteiger partial charge in [0.15, 0.2) is 0 Å². The molecule has 0 aliphatic carbocycles. The highest BCUT2D eigenvalue weighted by molar-refractivity contribution is 7.10. The van der Waals surface area contributed by atoms with Crippen LogP contribution in [0.15, 0.2) is 29.6 Å². The third-order valence-corrected chi connectivity index (χ3v) is 3.91. The molecule has 0 fully saturated rings. The smallest absolute Gasteiger partial charge is 0.129 e. The number of thiophene rings is 1. The second kappa shape index (κ2) is 5.95. The van der Waals surface area contributed by atoms with Gasteiger partial charge in [0, 0.05) is 21.9 Å². The van der Waals surface area contributed by atoms with E-state index in [0.717, 1.165) is 27.7 Å². The number of benzene rings is 1. The molecule has 2 N–H and O–H groups in total. The molecule has 0 aliphatic heterocycles. The quantitative estimate of drug-likeness (QED) is 0.914. The monoisotopic (exact) mass is 279 g/mol. The Bertz CT molecular complexity index is 553. The first-order chi connectivity index (χ1) is 9.19. The van der Waals surface area contributed by atoms with E-state index in [0.29, 0.717) is 0 Å². The first kappa shape index (κ1) is 13.7. The van der Waals surface area contributed by atoms with Gasteiger partial charge in [0.25, 0.3) is 0 Å². The van der Waals surface area contributed by atoms with Crippen LogP contribution in [0.4, 0.5) is 0 Å². The van der Waals surface area contributed by atoms with Crippen molar-refractivity contribution in [2.24, 2.45) is 5.73 Å². The first-order valence-corrected chi connectivity index (χ1v) is 6.67. The van der Waals surface area contributed by atoms with Crippen LogP contribution in [0.2, 0.25) is 0 Å². The molecule has 2 rings (SSSR count). The molecule has 19 heavy (non-hydrogen) atoms. The molecular formula is C14H17NO3S. The summed E-state index contributed by atoms with van der Waals surface area (Å²) in [6.07, 6.45) is 0. The van der Waals surface area contributed by atoms with Crippen molar-refractivity contribution in [3.63, 3.8) is 0 Å². The lowest BCUT2D eigenvalue weighted by Gasteiger charge is -2.15. The zero-order valence-corrected chi connectivity index (χ0v) is 12.0. The van der Waals surface area contributed by atoms with Crippen LogP contribution in [0.1, 0.15) is 16.5 Å². The Morgan fingerprint density at radius 1 is 1.00 bits per heavy atom. The molecule has 0 radical (unpaired) electrons. The molecule has 0 amide bonds. The zero-order chi connectivity index (χ0) is 13.8. The van der Waals surface area contributed by atoms with Gasteiger partial charge in [-0.15, -0.1) is 11.3 Å². The molecule has 102 valence electrons. The molecule has 1 atom stereocenters. The van der Waals surface area contributed by atoms with Crippen LogP contribution in [0, 0.1) is 0 Å². The second-order valence-corrected chi connectivity index (χ2v) is 4.92. The second-order valence-electron chi connectivity index (χ2n) is 3.97. The third-order valence-electron chi connectivity index (χ3n) is 2.91. The molecule has 1 aromatic carbocycles. The van der Waals surface area contributed by atoms with E-state index in [1.54, 1.807) is 32.7 Å². The Labute approximate surface area is 116 Å². The van der Waals surface area contributed by atoms with Crippen LogP contribution in [0.5, 0.6) is 17.2 Å². The largest absolute Gasteiger partial charge is 0.497 e. The molecule has 0 bridgehead atoms. The van der Waals surface area contributed by atoms with Crippen molar-refractivity contribution in [3.8, 4) is 17.2 Å². The average molecular weight is 279 g/mol. The van der Waals surface area contributed by atoms with Gasteiger partial charge >= 0.3 is 0 Å². The number of hydrogen-bond acceptors (Lipinski definition) is 5. The van der Waals surface area contributed by atoms with E-state index < -0.39 is 0 Å². The Balaban J connectivity index is 2.34.